The minimum Gasteiger partial charge on any atom is -0.484 e. The van der Waals surface area contributed by atoms with Crippen molar-refractivity contribution < 1.29 is 14.6 Å². The fraction of sp³-hybridized carbons (Fsp3) is 0.136. The lowest BCUT2D eigenvalue weighted by molar-refractivity contribution is -0.123. The number of fused-ring (bicyclic) bond motifs is 3. The molecule has 1 amide bonds. The number of hydrogen-bond acceptors (Lipinski definition) is 3. The minimum atomic E-state index is -0.607. The van der Waals surface area contributed by atoms with E-state index in [1.54, 1.807) is 6.07 Å². The van der Waals surface area contributed by atoms with Crippen molar-refractivity contribution in [3.63, 3.8) is 0 Å². The summed E-state index contributed by atoms with van der Waals surface area (Å²) < 4.78 is 5.64. The number of rotatable bonds is 5. The van der Waals surface area contributed by atoms with Crippen LogP contribution in [0.25, 0.3) is 11.1 Å². The summed E-state index contributed by atoms with van der Waals surface area (Å²) >= 11 is 0. The average molecular weight is 345 g/mol. The standard InChI is InChI=1S/C22H19NO3/c24-21(23-13-15-6-2-1-3-7-15)14-26-16-10-11-19-20(12-16)17-8-4-5-9-18(17)22(19)25/h1-12,22,25H,13-14H2,(H,23,24). The van der Waals surface area contributed by atoms with Gasteiger partial charge in [-0.15, -0.1) is 0 Å². The third-order valence-corrected chi connectivity index (χ3v) is 4.57. The fourth-order valence-electron chi connectivity index (χ4n) is 3.24. The van der Waals surface area contributed by atoms with E-state index < -0.39 is 6.10 Å². The average Bonchev–Trinajstić information content (AvgIpc) is 2.98. The van der Waals surface area contributed by atoms with E-state index in [-0.39, 0.29) is 12.5 Å². The number of aliphatic hydroxyl groups is 1. The van der Waals surface area contributed by atoms with Crippen molar-refractivity contribution in [2.75, 3.05) is 6.61 Å². The second-order valence-electron chi connectivity index (χ2n) is 6.29. The summed E-state index contributed by atoms with van der Waals surface area (Å²) in [5.41, 5.74) is 4.78. The van der Waals surface area contributed by atoms with Crippen molar-refractivity contribution in [3.8, 4) is 16.9 Å². The smallest absolute Gasteiger partial charge is 0.258 e. The topological polar surface area (TPSA) is 58.6 Å². The zero-order chi connectivity index (χ0) is 17.9. The van der Waals surface area contributed by atoms with Gasteiger partial charge in [-0.2, -0.15) is 0 Å². The van der Waals surface area contributed by atoms with Gasteiger partial charge in [0.1, 0.15) is 11.9 Å². The fourth-order valence-corrected chi connectivity index (χ4v) is 3.24. The molecule has 130 valence electrons. The Morgan fingerprint density at radius 3 is 2.50 bits per heavy atom. The van der Waals surface area contributed by atoms with Crippen LogP contribution in [0.2, 0.25) is 0 Å². The van der Waals surface area contributed by atoms with Gasteiger partial charge < -0.3 is 15.2 Å². The Balaban J connectivity index is 1.40. The molecule has 0 saturated heterocycles. The molecule has 4 nitrogen and oxygen atoms in total. The lowest BCUT2D eigenvalue weighted by Gasteiger charge is -2.10. The number of amides is 1. The Kier molecular flexibility index (Phi) is 4.42. The summed E-state index contributed by atoms with van der Waals surface area (Å²) in [4.78, 5) is 12.0. The van der Waals surface area contributed by atoms with Crippen LogP contribution in [0.1, 0.15) is 22.8 Å². The molecule has 0 radical (unpaired) electrons. The highest BCUT2D eigenvalue weighted by molar-refractivity contribution is 5.80. The molecular formula is C22H19NO3. The molecule has 4 rings (SSSR count). The van der Waals surface area contributed by atoms with Crippen LogP contribution in [-0.2, 0) is 11.3 Å². The van der Waals surface area contributed by atoms with Crippen molar-refractivity contribution in [2.24, 2.45) is 0 Å². The molecule has 1 atom stereocenters. The molecule has 1 aliphatic rings. The minimum absolute atomic E-state index is 0.0458. The van der Waals surface area contributed by atoms with E-state index in [4.69, 9.17) is 4.74 Å². The molecule has 26 heavy (non-hydrogen) atoms. The molecule has 0 spiro atoms. The molecule has 3 aromatic carbocycles. The Bertz CT molecular complexity index is 937. The molecule has 1 aliphatic carbocycles. The van der Waals surface area contributed by atoms with Crippen LogP contribution in [0.5, 0.6) is 5.75 Å². The van der Waals surface area contributed by atoms with Crippen LogP contribution in [0.3, 0.4) is 0 Å². The number of ether oxygens (including phenoxy) is 1. The van der Waals surface area contributed by atoms with E-state index in [1.807, 2.05) is 66.7 Å². The number of aliphatic hydroxyl groups excluding tert-OH is 1. The van der Waals surface area contributed by atoms with Crippen molar-refractivity contribution in [1.82, 2.24) is 5.32 Å². The van der Waals surface area contributed by atoms with Crippen molar-refractivity contribution in [1.29, 1.82) is 0 Å². The molecule has 0 saturated carbocycles. The summed E-state index contributed by atoms with van der Waals surface area (Å²) in [6.07, 6.45) is -0.607. The van der Waals surface area contributed by atoms with Crippen molar-refractivity contribution >= 4 is 5.91 Å². The maximum absolute atomic E-state index is 12.0. The number of carbonyl (C=O) groups is 1. The first kappa shape index (κ1) is 16.4. The summed E-state index contributed by atoms with van der Waals surface area (Å²) in [6.45, 7) is 0.433. The van der Waals surface area contributed by atoms with Crippen LogP contribution >= 0.6 is 0 Å². The van der Waals surface area contributed by atoms with Gasteiger partial charge in [0.15, 0.2) is 6.61 Å². The van der Waals surface area contributed by atoms with Crippen molar-refractivity contribution in [2.45, 2.75) is 12.6 Å². The maximum Gasteiger partial charge on any atom is 0.258 e. The lowest BCUT2D eigenvalue weighted by Crippen LogP contribution is -2.28. The van der Waals surface area contributed by atoms with Crippen molar-refractivity contribution in [3.05, 3.63) is 89.5 Å². The molecule has 0 heterocycles. The van der Waals surface area contributed by atoms with E-state index in [0.717, 1.165) is 27.8 Å². The number of carbonyl (C=O) groups excluding carboxylic acids is 1. The van der Waals surface area contributed by atoms with E-state index in [2.05, 4.69) is 5.32 Å². The summed E-state index contributed by atoms with van der Waals surface area (Å²) in [5, 5.41) is 13.3. The Morgan fingerprint density at radius 1 is 0.923 bits per heavy atom. The van der Waals surface area contributed by atoms with Crippen LogP contribution in [-0.4, -0.2) is 17.6 Å². The third-order valence-electron chi connectivity index (χ3n) is 4.57. The molecule has 3 aromatic rings. The normalized spacial score (nSPS) is 14.4. The molecule has 1 unspecified atom stereocenters. The van der Waals surface area contributed by atoms with E-state index >= 15 is 0 Å². The van der Waals surface area contributed by atoms with Crippen LogP contribution < -0.4 is 10.1 Å². The van der Waals surface area contributed by atoms with Gasteiger partial charge >= 0.3 is 0 Å². The van der Waals surface area contributed by atoms with Gasteiger partial charge in [-0.05, 0) is 39.9 Å². The number of nitrogens with one attached hydrogen (secondary N) is 1. The molecule has 0 aromatic heterocycles. The van der Waals surface area contributed by atoms with E-state index in [0.29, 0.717) is 12.3 Å². The van der Waals surface area contributed by atoms with Crippen LogP contribution in [0.4, 0.5) is 0 Å². The SMILES string of the molecule is O=C(COc1ccc2c(c1)-c1ccccc1C2O)NCc1ccccc1. The number of hydrogen-bond donors (Lipinski definition) is 2. The van der Waals surface area contributed by atoms with Gasteiger partial charge in [-0.3, -0.25) is 4.79 Å². The first-order valence-electron chi connectivity index (χ1n) is 8.57. The highest BCUT2D eigenvalue weighted by Crippen LogP contribution is 2.44. The lowest BCUT2D eigenvalue weighted by atomic mass is 10.1. The van der Waals surface area contributed by atoms with Gasteiger partial charge in [0.2, 0.25) is 0 Å². The zero-order valence-corrected chi connectivity index (χ0v) is 14.2. The van der Waals surface area contributed by atoms with Gasteiger partial charge in [-0.25, -0.2) is 0 Å². The Morgan fingerprint density at radius 2 is 1.65 bits per heavy atom. The largest absolute Gasteiger partial charge is 0.484 e. The van der Waals surface area contributed by atoms with Crippen LogP contribution in [0, 0.1) is 0 Å². The number of benzene rings is 3. The first-order chi connectivity index (χ1) is 12.7. The monoisotopic (exact) mass is 345 g/mol. The summed E-state index contributed by atoms with van der Waals surface area (Å²) in [7, 11) is 0. The van der Waals surface area contributed by atoms with Gasteiger partial charge in [-0.1, -0.05) is 60.7 Å². The second-order valence-corrected chi connectivity index (χ2v) is 6.29. The third kappa shape index (κ3) is 3.19. The summed E-state index contributed by atoms with van der Waals surface area (Å²) in [5.74, 6) is 0.442. The van der Waals surface area contributed by atoms with Gasteiger partial charge in [0.05, 0.1) is 0 Å². The maximum atomic E-state index is 12.0. The molecule has 0 bridgehead atoms. The van der Waals surface area contributed by atoms with Gasteiger partial charge in [0, 0.05) is 6.54 Å². The van der Waals surface area contributed by atoms with E-state index in [9.17, 15) is 9.90 Å². The predicted molar refractivity (Wildman–Crippen MR) is 99.7 cm³/mol. The predicted octanol–water partition coefficient (Wildman–Crippen LogP) is 3.44. The molecule has 2 N–H and O–H groups in total. The molecular weight excluding hydrogens is 326 g/mol. The molecule has 0 aliphatic heterocycles. The first-order valence-corrected chi connectivity index (χ1v) is 8.57. The van der Waals surface area contributed by atoms with Crippen LogP contribution in [0.15, 0.2) is 72.8 Å². The molecule has 4 heteroatoms. The zero-order valence-electron chi connectivity index (χ0n) is 14.2. The Hall–Kier alpha value is -3.11. The van der Waals surface area contributed by atoms with E-state index in [1.165, 1.54) is 0 Å². The summed E-state index contributed by atoms with van der Waals surface area (Å²) in [6, 6.07) is 23.1. The van der Waals surface area contributed by atoms with Gasteiger partial charge in [0.25, 0.3) is 5.91 Å². The quantitative estimate of drug-likeness (QED) is 0.745. The second kappa shape index (κ2) is 7.02. The highest BCUT2D eigenvalue weighted by atomic mass is 16.5. The highest BCUT2D eigenvalue weighted by Gasteiger charge is 2.26. The molecule has 0 fully saturated rings. The Labute approximate surface area is 152 Å².